The second kappa shape index (κ2) is 5.01. The number of hydrogen-bond donors (Lipinski definition) is 0. The quantitative estimate of drug-likeness (QED) is 0.410. The summed E-state index contributed by atoms with van der Waals surface area (Å²) in [6, 6.07) is 0. The molecule has 2 bridgehead atoms. The van der Waals surface area contributed by atoms with Gasteiger partial charge in [0.15, 0.2) is 12.2 Å². The molecule has 0 aromatic carbocycles. The van der Waals surface area contributed by atoms with Crippen LogP contribution in [-0.4, -0.2) is 46.6 Å². The van der Waals surface area contributed by atoms with E-state index in [1.54, 1.807) is 0 Å². The fourth-order valence-electron chi connectivity index (χ4n) is 2.92. The molecule has 3 saturated heterocycles. The average molecular weight is 396 g/mol. The van der Waals surface area contributed by atoms with Crippen molar-refractivity contribution in [3.8, 4) is 0 Å². The van der Waals surface area contributed by atoms with Crippen LogP contribution in [0.5, 0.6) is 0 Å². The van der Waals surface area contributed by atoms with Crippen molar-refractivity contribution in [3.05, 3.63) is 0 Å². The maximum Gasteiger partial charge on any atom is 0.509 e. The fraction of sp³-hybridized carbons (Fsp3) is 0.846. The largest absolute Gasteiger partial charge is 0.509 e. The Bertz CT molecular complexity index is 437. The van der Waals surface area contributed by atoms with Crippen molar-refractivity contribution in [3.63, 3.8) is 0 Å². The summed E-state index contributed by atoms with van der Waals surface area (Å²) in [4.78, 5) is 23.1. The first-order chi connectivity index (χ1) is 9.42. The SMILES string of the molecule is CCC(C)(I)C(=O)OCC1CC2OC1C1OC(=O)OC21. The van der Waals surface area contributed by atoms with E-state index in [9.17, 15) is 9.59 Å². The minimum atomic E-state index is -0.623. The van der Waals surface area contributed by atoms with E-state index in [-0.39, 0.29) is 36.3 Å². The van der Waals surface area contributed by atoms with Crippen molar-refractivity contribution < 1.29 is 28.5 Å². The molecule has 6 nitrogen and oxygen atoms in total. The van der Waals surface area contributed by atoms with Crippen LogP contribution in [0.3, 0.4) is 0 Å². The molecule has 0 saturated carbocycles. The summed E-state index contributed by atoms with van der Waals surface area (Å²) in [5.74, 6) is -0.136. The molecule has 6 unspecified atom stereocenters. The number of esters is 1. The van der Waals surface area contributed by atoms with E-state index in [1.807, 2.05) is 13.8 Å². The van der Waals surface area contributed by atoms with Gasteiger partial charge in [0, 0.05) is 5.92 Å². The van der Waals surface area contributed by atoms with Crippen LogP contribution >= 0.6 is 22.6 Å². The molecule has 0 amide bonds. The van der Waals surface area contributed by atoms with Crippen molar-refractivity contribution in [1.82, 2.24) is 0 Å². The van der Waals surface area contributed by atoms with Gasteiger partial charge in [-0.1, -0.05) is 29.5 Å². The molecule has 0 spiro atoms. The highest BCUT2D eigenvalue weighted by Crippen LogP contribution is 2.45. The molecule has 0 aliphatic carbocycles. The molecule has 0 radical (unpaired) electrons. The zero-order valence-corrected chi connectivity index (χ0v) is 13.5. The molecule has 3 aliphatic rings. The summed E-state index contributed by atoms with van der Waals surface area (Å²) in [6.45, 7) is 4.11. The van der Waals surface area contributed by atoms with Crippen molar-refractivity contribution in [1.29, 1.82) is 0 Å². The van der Waals surface area contributed by atoms with Gasteiger partial charge < -0.3 is 18.9 Å². The first-order valence-electron chi connectivity index (χ1n) is 6.81. The lowest BCUT2D eigenvalue weighted by Crippen LogP contribution is -2.42. The van der Waals surface area contributed by atoms with Gasteiger partial charge in [0.1, 0.15) is 9.53 Å². The summed E-state index contributed by atoms with van der Waals surface area (Å²) in [5, 5.41) is 0. The Kier molecular flexibility index (Phi) is 3.60. The van der Waals surface area contributed by atoms with Gasteiger partial charge in [-0.05, 0) is 19.8 Å². The van der Waals surface area contributed by atoms with Gasteiger partial charge in [0.2, 0.25) is 0 Å². The molecule has 3 heterocycles. The topological polar surface area (TPSA) is 71.1 Å². The lowest BCUT2D eigenvalue weighted by atomic mass is 9.86. The molecule has 112 valence electrons. The summed E-state index contributed by atoms with van der Waals surface area (Å²) in [5.41, 5.74) is 0. The Labute approximate surface area is 130 Å². The van der Waals surface area contributed by atoms with Gasteiger partial charge in [-0.15, -0.1) is 0 Å². The van der Waals surface area contributed by atoms with Gasteiger partial charge in [-0.3, -0.25) is 4.79 Å². The fourth-order valence-corrected chi connectivity index (χ4v) is 3.08. The second-order valence-electron chi connectivity index (χ2n) is 5.70. The van der Waals surface area contributed by atoms with Crippen molar-refractivity contribution >= 4 is 34.7 Å². The van der Waals surface area contributed by atoms with Crippen molar-refractivity contribution in [2.24, 2.45) is 5.92 Å². The molecule has 0 N–H and O–H groups in total. The molecule has 20 heavy (non-hydrogen) atoms. The van der Waals surface area contributed by atoms with Crippen LogP contribution in [0.2, 0.25) is 0 Å². The first-order valence-corrected chi connectivity index (χ1v) is 7.89. The smallest absolute Gasteiger partial charge is 0.464 e. The van der Waals surface area contributed by atoms with E-state index < -0.39 is 9.58 Å². The number of carbonyl (C=O) groups excluding carboxylic acids is 2. The lowest BCUT2D eigenvalue weighted by molar-refractivity contribution is -0.148. The predicted octanol–water partition coefficient (Wildman–Crippen LogP) is 1.82. The van der Waals surface area contributed by atoms with E-state index >= 15 is 0 Å². The number of alkyl halides is 1. The van der Waals surface area contributed by atoms with E-state index in [0.717, 1.165) is 12.8 Å². The Balaban J connectivity index is 1.56. The van der Waals surface area contributed by atoms with Crippen LogP contribution in [0.4, 0.5) is 4.79 Å². The summed E-state index contributed by atoms with van der Waals surface area (Å²) < 4.78 is 20.8. The molecule has 0 aromatic rings. The predicted molar refractivity (Wildman–Crippen MR) is 75.6 cm³/mol. The normalized spacial score (nSPS) is 40.8. The van der Waals surface area contributed by atoms with Crippen LogP contribution in [0.15, 0.2) is 0 Å². The second-order valence-corrected chi connectivity index (χ2v) is 8.08. The number of carbonyl (C=O) groups is 2. The summed E-state index contributed by atoms with van der Waals surface area (Å²) >= 11 is 2.11. The Morgan fingerprint density at radius 2 is 2.10 bits per heavy atom. The Hall–Kier alpha value is -0.570. The van der Waals surface area contributed by atoms with Gasteiger partial charge >= 0.3 is 12.1 Å². The third-order valence-electron chi connectivity index (χ3n) is 4.33. The molecule has 0 aromatic heterocycles. The third-order valence-corrected chi connectivity index (χ3v) is 5.53. The van der Waals surface area contributed by atoms with E-state index in [2.05, 4.69) is 22.6 Å². The number of fused-ring (bicyclic) bond motifs is 5. The van der Waals surface area contributed by atoms with Crippen LogP contribution in [0.25, 0.3) is 0 Å². The third kappa shape index (κ3) is 2.28. The Morgan fingerprint density at radius 3 is 2.80 bits per heavy atom. The average Bonchev–Trinajstić information content (AvgIpc) is 3.05. The summed E-state index contributed by atoms with van der Waals surface area (Å²) in [7, 11) is 0. The van der Waals surface area contributed by atoms with Crippen molar-refractivity contribution in [2.75, 3.05) is 6.61 Å². The zero-order chi connectivity index (χ0) is 14.5. The Morgan fingerprint density at radius 1 is 1.40 bits per heavy atom. The van der Waals surface area contributed by atoms with Crippen LogP contribution in [0.1, 0.15) is 26.7 Å². The molecule has 3 aliphatic heterocycles. The lowest BCUT2D eigenvalue weighted by Gasteiger charge is -2.26. The maximum atomic E-state index is 12.0. The molecule has 7 heteroatoms. The van der Waals surface area contributed by atoms with Crippen molar-refractivity contribution in [2.45, 2.75) is 54.5 Å². The standard InChI is InChI=1S/C13H17IO6/c1-3-13(2,14)11(15)17-5-6-4-7-9-10(8(6)18-7)20-12(16)19-9/h6-10H,3-5H2,1-2H3. The maximum absolute atomic E-state index is 12.0. The number of ether oxygens (including phenoxy) is 4. The molecular formula is C13H17IO6. The first kappa shape index (κ1) is 14.4. The van der Waals surface area contributed by atoms with Crippen LogP contribution < -0.4 is 0 Å². The van der Waals surface area contributed by atoms with E-state index in [1.165, 1.54) is 0 Å². The number of halogens is 1. The molecular weight excluding hydrogens is 379 g/mol. The van der Waals surface area contributed by atoms with Crippen LogP contribution in [0, 0.1) is 5.92 Å². The molecule has 3 rings (SSSR count). The van der Waals surface area contributed by atoms with Crippen LogP contribution in [-0.2, 0) is 23.7 Å². The zero-order valence-electron chi connectivity index (χ0n) is 11.3. The summed E-state index contributed by atoms with van der Waals surface area (Å²) in [6.07, 6.45) is -0.146. The van der Waals surface area contributed by atoms with E-state index in [0.29, 0.717) is 6.61 Å². The minimum absolute atomic E-state index is 0.0729. The highest BCUT2D eigenvalue weighted by Gasteiger charge is 2.61. The number of hydrogen-bond acceptors (Lipinski definition) is 6. The van der Waals surface area contributed by atoms with Gasteiger partial charge in [0.25, 0.3) is 0 Å². The highest BCUT2D eigenvalue weighted by atomic mass is 127. The number of rotatable bonds is 4. The molecule has 6 atom stereocenters. The minimum Gasteiger partial charge on any atom is -0.464 e. The highest BCUT2D eigenvalue weighted by molar-refractivity contribution is 14.1. The van der Waals surface area contributed by atoms with Gasteiger partial charge in [-0.2, -0.15) is 0 Å². The monoisotopic (exact) mass is 396 g/mol. The van der Waals surface area contributed by atoms with Gasteiger partial charge in [-0.25, -0.2) is 4.79 Å². The molecule has 3 fully saturated rings. The van der Waals surface area contributed by atoms with E-state index in [4.69, 9.17) is 18.9 Å². The van der Waals surface area contributed by atoms with Gasteiger partial charge in [0.05, 0.1) is 12.7 Å².